The van der Waals surface area contributed by atoms with Crippen LogP contribution in [0.4, 0.5) is 0 Å². The Balaban J connectivity index is 2.23. The molecular weight excluding hydrogens is 230 g/mol. The summed E-state index contributed by atoms with van der Waals surface area (Å²) in [4.78, 5) is 13.7. The van der Waals surface area contributed by atoms with E-state index in [-0.39, 0.29) is 5.91 Å². The predicted molar refractivity (Wildman–Crippen MR) is 72.4 cm³/mol. The lowest BCUT2D eigenvalue weighted by atomic mass is 9.96. The van der Waals surface area contributed by atoms with E-state index < -0.39 is 5.60 Å². The quantitative estimate of drug-likeness (QED) is 0.617. The van der Waals surface area contributed by atoms with Gasteiger partial charge in [0.05, 0.1) is 5.60 Å². The van der Waals surface area contributed by atoms with Crippen LogP contribution in [0.3, 0.4) is 0 Å². The number of amides is 1. The molecule has 0 spiro atoms. The monoisotopic (exact) mass is 257 g/mol. The first-order valence-corrected chi connectivity index (χ1v) is 6.73. The molecule has 106 valence electrons. The van der Waals surface area contributed by atoms with Crippen molar-refractivity contribution in [2.24, 2.45) is 5.92 Å². The van der Waals surface area contributed by atoms with Gasteiger partial charge in [-0.1, -0.05) is 0 Å². The van der Waals surface area contributed by atoms with Gasteiger partial charge in [0, 0.05) is 19.5 Å². The topological polar surface area (TPSA) is 64.6 Å². The van der Waals surface area contributed by atoms with Gasteiger partial charge in [-0.05, 0) is 52.9 Å². The molecule has 5 nitrogen and oxygen atoms in total. The van der Waals surface area contributed by atoms with Crippen LogP contribution in [0.2, 0.25) is 0 Å². The molecule has 3 N–H and O–H groups in total. The molecule has 1 amide bonds. The van der Waals surface area contributed by atoms with E-state index in [1.165, 1.54) is 0 Å². The van der Waals surface area contributed by atoms with Crippen molar-refractivity contribution in [1.82, 2.24) is 15.5 Å². The third kappa shape index (κ3) is 6.33. The van der Waals surface area contributed by atoms with Gasteiger partial charge in [0.1, 0.15) is 0 Å². The Hall–Kier alpha value is -0.650. The van der Waals surface area contributed by atoms with Crippen molar-refractivity contribution in [3.63, 3.8) is 0 Å². The van der Waals surface area contributed by atoms with Gasteiger partial charge in [0.2, 0.25) is 5.91 Å². The van der Waals surface area contributed by atoms with E-state index in [0.29, 0.717) is 25.4 Å². The molecule has 5 heteroatoms. The van der Waals surface area contributed by atoms with Crippen molar-refractivity contribution < 1.29 is 9.90 Å². The van der Waals surface area contributed by atoms with Crippen LogP contribution in [0.5, 0.6) is 0 Å². The second-order valence-electron chi connectivity index (χ2n) is 5.93. The number of hydrogen-bond acceptors (Lipinski definition) is 4. The fourth-order valence-corrected chi connectivity index (χ4v) is 2.46. The van der Waals surface area contributed by atoms with Crippen LogP contribution in [0, 0.1) is 5.92 Å². The first kappa shape index (κ1) is 15.4. The van der Waals surface area contributed by atoms with E-state index in [4.69, 9.17) is 0 Å². The summed E-state index contributed by atoms with van der Waals surface area (Å²) in [5.74, 6) is 0.486. The molecule has 1 aliphatic rings. The van der Waals surface area contributed by atoms with Crippen LogP contribution < -0.4 is 10.6 Å². The molecule has 0 aromatic rings. The van der Waals surface area contributed by atoms with Gasteiger partial charge < -0.3 is 20.6 Å². The number of carbonyl (C=O) groups excluding carboxylic acids is 1. The molecule has 0 aliphatic carbocycles. The number of rotatable bonds is 6. The van der Waals surface area contributed by atoms with Gasteiger partial charge in [-0.2, -0.15) is 0 Å². The van der Waals surface area contributed by atoms with E-state index >= 15 is 0 Å². The van der Waals surface area contributed by atoms with Crippen LogP contribution in [0.15, 0.2) is 0 Å². The van der Waals surface area contributed by atoms with Gasteiger partial charge in [-0.25, -0.2) is 0 Å². The van der Waals surface area contributed by atoms with Crippen molar-refractivity contribution in [1.29, 1.82) is 0 Å². The standard InChI is InChI=1S/C13H27N3O2/c1-13(18,10-16(2)3)9-15-12(17)7-11-5-4-6-14-8-11/h11,14,18H,4-10H2,1-3H3,(H,15,17). The summed E-state index contributed by atoms with van der Waals surface area (Å²) < 4.78 is 0. The Morgan fingerprint density at radius 2 is 2.28 bits per heavy atom. The van der Waals surface area contributed by atoms with Gasteiger partial charge in [0.15, 0.2) is 0 Å². The highest BCUT2D eigenvalue weighted by Gasteiger charge is 2.23. The molecule has 0 aromatic carbocycles. The van der Waals surface area contributed by atoms with Crippen molar-refractivity contribution >= 4 is 5.91 Å². The highest BCUT2D eigenvalue weighted by molar-refractivity contribution is 5.76. The summed E-state index contributed by atoms with van der Waals surface area (Å²) in [6, 6.07) is 0. The average Bonchev–Trinajstić information content (AvgIpc) is 2.26. The largest absolute Gasteiger partial charge is 0.387 e. The minimum absolute atomic E-state index is 0.0442. The molecule has 2 unspecified atom stereocenters. The smallest absolute Gasteiger partial charge is 0.220 e. The average molecular weight is 257 g/mol. The predicted octanol–water partition coefficient (Wildman–Crippen LogP) is -0.195. The first-order chi connectivity index (χ1) is 8.39. The first-order valence-electron chi connectivity index (χ1n) is 6.73. The van der Waals surface area contributed by atoms with Gasteiger partial charge in [0.25, 0.3) is 0 Å². The maximum atomic E-state index is 11.8. The third-order valence-corrected chi connectivity index (χ3v) is 3.20. The van der Waals surface area contributed by atoms with E-state index in [1.807, 2.05) is 19.0 Å². The Kier molecular flexibility index (Phi) is 6.05. The lowest BCUT2D eigenvalue weighted by Crippen LogP contribution is -2.47. The van der Waals surface area contributed by atoms with E-state index in [2.05, 4.69) is 10.6 Å². The van der Waals surface area contributed by atoms with Crippen LogP contribution in [0.25, 0.3) is 0 Å². The molecule has 1 fully saturated rings. The lowest BCUT2D eigenvalue weighted by Gasteiger charge is -2.28. The maximum Gasteiger partial charge on any atom is 0.220 e. The highest BCUT2D eigenvalue weighted by Crippen LogP contribution is 2.13. The number of carbonyl (C=O) groups is 1. The van der Waals surface area contributed by atoms with Crippen LogP contribution >= 0.6 is 0 Å². The Morgan fingerprint density at radius 1 is 1.56 bits per heavy atom. The molecule has 0 radical (unpaired) electrons. The zero-order chi connectivity index (χ0) is 13.6. The maximum absolute atomic E-state index is 11.8. The molecule has 0 aromatic heterocycles. The normalized spacial score (nSPS) is 23.7. The highest BCUT2D eigenvalue weighted by atomic mass is 16.3. The molecule has 2 atom stereocenters. The van der Waals surface area contributed by atoms with Crippen molar-refractivity contribution in [2.45, 2.75) is 31.8 Å². The number of nitrogens with zero attached hydrogens (tertiary/aromatic N) is 1. The number of nitrogens with one attached hydrogen (secondary N) is 2. The molecular formula is C13H27N3O2. The summed E-state index contributed by atoms with van der Waals surface area (Å²) in [5, 5.41) is 16.2. The zero-order valence-electron chi connectivity index (χ0n) is 11.8. The molecule has 0 bridgehead atoms. The molecule has 18 heavy (non-hydrogen) atoms. The Morgan fingerprint density at radius 3 is 2.83 bits per heavy atom. The minimum atomic E-state index is -0.871. The van der Waals surface area contributed by atoms with E-state index in [0.717, 1.165) is 25.9 Å². The number of likely N-dealkylation sites (N-methyl/N-ethyl adjacent to an activating group) is 1. The van der Waals surface area contributed by atoms with E-state index in [1.54, 1.807) is 6.92 Å². The molecule has 1 aliphatic heterocycles. The number of aliphatic hydroxyl groups is 1. The molecule has 1 heterocycles. The van der Waals surface area contributed by atoms with Gasteiger partial charge >= 0.3 is 0 Å². The van der Waals surface area contributed by atoms with E-state index in [9.17, 15) is 9.90 Å². The lowest BCUT2D eigenvalue weighted by molar-refractivity contribution is -0.123. The molecule has 0 saturated carbocycles. The zero-order valence-corrected chi connectivity index (χ0v) is 11.8. The van der Waals surface area contributed by atoms with Crippen LogP contribution in [-0.2, 0) is 4.79 Å². The number of hydrogen-bond donors (Lipinski definition) is 3. The second kappa shape index (κ2) is 7.07. The van der Waals surface area contributed by atoms with Crippen molar-refractivity contribution in [3.05, 3.63) is 0 Å². The van der Waals surface area contributed by atoms with Gasteiger partial charge in [-0.15, -0.1) is 0 Å². The summed E-state index contributed by atoms with van der Waals surface area (Å²) in [5.41, 5.74) is -0.871. The minimum Gasteiger partial charge on any atom is -0.387 e. The van der Waals surface area contributed by atoms with Crippen molar-refractivity contribution in [2.75, 3.05) is 40.3 Å². The third-order valence-electron chi connectivity index (χ3n) is 3.20. The van der Waals surface area contributed by atoms with Crippen LogP contribution in [-0.4, -0.2) is 61.8 Å². The summed E-state index contributed by atoms with van der Waals surface area (Å²) in [6.45, 7) is 4.59. The van der Waals surface area contributed by atoms with Crippen molar-refractivity contribution in [3.8, 4) is 0 Å². The second-order valence-corrected chi connectivity index (χ2v) is 5.93. The molecule has 1 saturated heterocycles. The summed E-state index contributed by atoms with van der Waals surface area (Å²) in [7, 11) is 3.81. The molecule has 1 rings (SSSR count). The van der Waals surface area contributed by atoms with Crippen LogP contribution in [0.1, 0.15) is 26.2 Å². The fraction of sp³-hybridized carbons (Fsp3) is 0.923. The van der Waals surface area contributed by atoms with Gasteiger partial charge in [-0.3, -0.25) is 4.79 Å². The summed E-state index contributed by atoms with van der Waals surface area (Å²) in [6.07, 6.45) is 2.83. The number of piperidine rings is 1. The fourth-order valence-electron chi connectivity index (χ4n) is 2.46. The summed E-state index contributed by atoms with van der Waals surface area (Å²) >= 11 is 0. The SMILES string of the molecule is CN(C)CC(C)(O)CNC(=O)CC1CCCNC1. The Bertz CT molecular complexity index is 261. The Labute approximate surface area is 110 Å².